The van der Waals surface area contributed by atoms with Gasteiger partial charge in [0.05, 0.1) is 6.04 Å². The first-order chi connectivity index (χ1) is 14.6. The van der Waals surface area contributed by atoms with Gasteiger partial charge in [0, 0.05) is 25.2 Å². The lowest BCUT2D eigenvalue weighted by Crippen LogP contribution is -2.43. The molecule has 0 spiro atoms. The van der Waals surface area contributed by atoms with Crippen LogP contribution >= 0.6 is 0 Å². The van der Waals surface area contributed by atoms with Crippen LogP contribution in [0.25, 0.3) is 0 Å². The average Bonchev–Trinajstić information content (AvgIpc) is 2.77. The molecule has 0 saturated carbocycles. The van der Waals surface area contributed by atoms with Crippen molar-refractivity contribution in [2.75, 3.05) is 19.7 Å². The maximum Gasteiger partial charge on any atom is 0.115 e. The molecule has 0 radical (unpaired) electrons. The number of nitrogens with one attached hydrogen (secondary N) is 1. The Labute approximate surface area is 181 Å². The van der Waals surface area contributed by atoms with E-state index in [0.29, 0.717) is 17.8 Å². The molecule has 2 N–H and O–H groups in total. The first kappa shape index (κ1) is 21.4. The van der Waals surface area contributed by atoms with E-state index in [9.17, 15) is 5.11 Å². The molecule has 1 fully saturated rings. The summed E-state index contributed by atoms with van der Waals surface area (Å²) in [4.78, 5) is 2.57. The summed E-state index contributed by atoms with van der Waals surface area (Å²) in [7, 11) is 0. The van der Waals surface area contributed by atoms with Crippen LogP contribution in [0.4, 0.5) is 0 Å². The van der Waals surface area contributed by atoms with Crippen LogP contribution in [0.2, 0.25) is 0 Å². The lowest BCUT2D eigenvalue weighted by molar-refractivity contribution is -0.0354. The van der Waals surface area contributed by atoms with Gasteiger partial charge in [-0.3, -0.25) is 4.90 Å². The van der Waals surface area contributed by atoms with Crippen LogP contribution in [0.5, 0.6) is 5.75 Å². The average molecular weight is 409 g/mol. The van der Waals surface area contributed by atoms with E-state index < -0.39 is 0 Å². The molecule has 2 aliphatic rings. The largest absolute Gasteiger partial charge is 0.508 e. The molecule has 4 nitrogen and oxygen atoms in total. The van der Waals surface area contributed by atoms with Crippen LogP contribution in [0.15, 0.2) is 48.5 Å². The quantitative estimate of drug-likeness (QED) is 0.677. The predicted octanol–water partition coefficient (Wildman–Crippen LogP) is 4.99. The summed E-state index contributed by atoms with van der Waals surface area (Å²) >= 11 is 0. The van der Waals surface area contributed by atoms with Crippen molar-refractivity contribution in [3.05, 3.63) is 65.2 Å². The highest BCUT2D eigenvalue weighted by Crippen LogP contribution is 2.43. The number of nitrogens with zero attached hydrogens (tertiary/aromatic N) is 1. The van der Waals surface area contributed by atoms with E-state index in [2.05, 4.69) is 60.5 Å². The Kier molecular flexibility index (Phi) is 7.08. The standard InChI is InChI=1S/C26H36N2O2/c1-19(2)28-16-13-21-18-23(29)11-12-24(21)25(28)26(20-8-4-3-5-9-20)30-17-14-22-10-6-7-15-27-22/h3-5,8-9,11-12,18-19,22,25-27,29H,6-7,10,13-17H2,1-2H3. The molecule has 4 heteroatoms. The zero-order valence-corrected chi connectivity index (χ0v) is 18.4. The van der Waals surface area contributed by atoms with Gasteiger partial charge in [-0.15, -0.1) is 0 Å². The van der Waals surface area contributed by atoms with Crippen LogP contribution in [-0.2, 0) is 11.2 Å². The summed E-state index contributed by atoms with van der Waals surface area (Å²) in [6, 6.07) is 17.7. The van der Waals surface area contributed by atoms with Gasteiger partial charge in [0.2, 0.25) is 0 Å². The number of phenols is 1. The molecule has 2 aromatic carbocycles. The summed E-state index contributed by atoms with van der Waals surface area (Å²) in [5.74, 6) is 0.353. The monoisotopic (exact) mass is 408 g/mol. The summed E-state index contributed by atoms with van der Waals surface area (Å²) < 4.78 is 6.69. The van der Waals surface area contributed by atoms with E-state index in [1.807, 2.05) is 12.1 Å². The number of ether oxygens (including phenoxy) is 1. The lowest BCUT2D eigenvalue weighted by Gasteiger charge is -2.44. The minimum absolute atomic E-state index is 0.0271. The van der Waals surface area contributed by atoms with Gasteiger partial charge in [-0.25, -0.2) is 0 Å². The number of rotatable bonds is 7. The third-order valence-electron chi connectivity index (χ3n) is 6.70. The van der Waals surface area contributed by atoms with E-state index >= 15 is 0 Å². The van der Waals surface area contributed by atoms with Gasteiger partial charge < -0.3 is 15.2 Å². The SMILES string of the molecule is CC(C)N1CCc2cc(O)ccc2C1C(OCCC1CCCCN1)c1ccccc1. The fraction of sp³-hybridized carbons (Fsp3) is 0.538. The van der Waals surface area contributed by atoms with Gasteiger partial charge in [0.1, 0.15) is 11.9 Å². The summed E-state index contributed by atoms with van der Waals surface area (Å²) in [6.07, 6.45) is 5.86. The Bertz CT molecular complexity index is 802. The normalized spacial score (nSPS) is 23.3. The Morgan fingerprint density at radius 1 is 1.13 bits per heavy atom. The van der Waals surface area contributed by atoms with Gasteiger partial charge in [0.25, 0.3) is 0 Å². The van der Waals surface area contributed by atoms with E-state index in [1.165, 1.54) is 36.0 Å². The first-order valence-electron chi connectivity index (χ1n) is 11.6. The van der Waals surface area contributed by atoms with Gasteiger partial charge in [-0.05, 0) is 74.9 Å². The van der Waals surface area contributed by atoms with E-state index in [4.69, 9.17) is 4.74 Å². The Hall–Kier alpha value is -1.88. The van der Waals surface area contributed by atoms with Crippen LogP contribution in [0, 0.1) is 0 Å². The zero-order chi connectivity index (χ0) is 20.9. The van der Waals surface area contributed by atoms with Crippen molar-refractivity contribution in [1.82, 2.24) is 10.2 Å². The Morgan fingerprint density at radius 3 is 2.70 bits per heavy atom. The van der Waals surface area contributed by atoms with E-state index in [-0.39, 0.29) is 12.1 Å². The second-order valence-corrected chi connectivity index (χ2v) is 9.05. The number of hydrogen-bond acceptors (Lipinski definition) is 4. The van der Waals surface area contributed by atoms with Crippen molar-refractivity contribution < 1.29 is 9.84 Å². The van der Waals surface area contributed by atoms with Crippen LogP contribution in [-0.4, -0.2) is 41.8 Å². The Balaban J connectivity index is 1.62. The van der Waals surface area contributed by atoms with Gasteiger partial charge in [-0.2, -0.15) is 0 Å². The van der Waals surface area contributed by atoms with Crippen molar-refractivity contribution >= 4 is 0 Å². The topological polar surface area (TPSA) is 44.7 Å². The number of benzene rings is 2. The van der Waals surface area contributed by atoms with Crippen molar-refractivity contribution in [3.8, 4) is 5.75 Å². The molecule has 2 heterocycles. The molecule has 3 unspecified atom stereocenters. The zero-order valence-electron chi connectivity index (χ0n) is 18.4. The van der Waals surface area contributed by atoms with E-state index in [0.717, 1.165) is 32.5 Å². The van der Waals surface area contributed by atoms with Gasteiger partial charge in [0.15, 0.2) is 0 Å². The number of hydrogen-bond donors (Lipinski definition) is 2. The summed E-state index contributed by atoms with van der Waals surface area (Å²) in [5.41, 5.74) is 3.76. The number of piperidine rings is 1. The highest BCUT2D eigenvalue weighted by atomic mass is 16.5. The molecule has 0 aliphatic carbocycles. The second-order valence-electron chi connectivity index (χ2n) is 9.05. The third kappa shape index (κ3) is 4.88. The van der Waals surface area contributed by atoms with Crippen molar-refractivity contribution in [2.24, 2.45) is 0 Å². The number of fused-ring (bicyclic) bond motifs is 1. The summed E-state index contributed by atoms with van der Waals surface area (Å²) in [6.45, 7) is 7.41. The first-order valence-corrected chi connectivity index (χ1v) is 11.6. The highest BCUT2D eigenvalue weighted by Gasteiger charge is 2.36. The third-order valence-corrected chi connectivity index (χ3v) is 6.70. The molecule has 0 amide bonds. The molecule has 4 rings (SSSR count). The van der Waals surface area contributed by atoms with Crippen molar-refractivity contribution in [2.45, 2.75) is 70.2 Å². The van der Waals surface area contributed by atoms with Crippen molar-refractivity contribution in [3.63, 3.8) is 0 Å². The molecule has 162 valence electrons. The van der Waals surface area contributed by atoms with Crippen molar-refractivity contribution in [1.29, 1.82) is 0 Å². The smallest absolute Gasteiger partial charge is 0.115 e. The fourth-order valence-corrected chi connectivity index (χ4v) is 5.10. The second kappa shape index (κ2) is 9.95. The molecular weight excluding hydrogens is 372 g/mol. The molecular formula is C26H36N2O2. The summed E-state index contributed by atoms with van der Waals surface area (Å²) in [5, 5.41) is 13.7. The predicted molar refractivity (Wildman–Crippen MR) is 122 cm³/mol. The maximum absolute atomic E-state index is 10.0. The van der Waals surface area contributed by atoms with Crippen LogP contribution < -0.4 is 5.32 Å². The number of phenolic OH excluding ortho intramolecular Hbond substituents is 1. The van der Waals surface area contributed by atoms with Crippen LogP contribution in [0.3, 0.4) is 0 Å². The highest BCUT2D eigenvalue weighted by molar-refractivity contribution is 5.40. The minimum atomic E-state index is -0.0271. The molecule has 30 heavy (non-hydrogen) atoms. The van der Waals surface area contributed by atoms with Gasteiger partial charge in [-0.1, -0.05) is 42.8 Å². The van der Waals surface area contributed by atoms with E-state index in [1.54, 1.807) is 0 Å². The molecule has 3 atom stereocenters. The van der Waals surface area contributed by atoms with Crippen LogP contribution in [0.1, 0.15) is 68.4 Å². The number of aromatic hydroxyl groups is 1. The lowest BCUT2D eigenvalue weighted by atomic mass is 9.85. The van der Waals surface area contributed by atoms with Gasteiger partial charge >= 0.3 is 0 Å². The molecule has 2 aliphatic heterocycles. The molecule has 0 bridgehead atoms. The fourth-order valence-electron chi connectivity index (χ4n) is 5.10. The molecule has 1 saturated heterocycles. The maximum atomic E-state index is 10.0. The molecule has 2 aromatic rings. The minimum Gasteiger partial charge on any atom is -0.508 e. The Morgan fingerprint density at radius 2 is 1.97 bits per heavy atom. The molecule has 0 aromatic heterocycles.